The van der Waals surface area contributed by atoms with Crippen molar-refractivity contribution in [2.24, 2.45) is 0 Å². The average Bonchev–Trinajstić information content (AvgIpc) is 2.74. The van der Waals surface area contributed by atoms with Gasteiger partial charge in [-0.2, -0.15) is 15.1 Å². The lowest BCUT2D eigenvalue weighted by Gasteiger charge is -2.16. The van der Waals surface area contributed by atoms with Crippen molar-refractivity contribution in [3.63, 3.8) is 0 Å². The van der Waals surface area contributed by atoms with Crippen molar-refractivity contribution in [2.75, 3.05) is 30.9 Å². The first-order valence-electron chi connectivity index (χ1n) is 4.86. The van der Waals surface area contributed by atoms with Crippen molar-refractivity contribution in [3.8, 4) is 0 Å². The van der Waals surface area contributed by atoms with Gasteiger partial charge in [-0.1, -0.05) is 0 Å². The maximum atomic E-state index is 4.41. The number of anilines is 2. The third-order valence-corrected chi connectivity index (χ3v) is 2.35. The predicted molar refractivity (Wildman–Crippen MR) is 60.2 cm³/mol. The molecule has 0 atom stereocenters. The van der Waals surface area contributed by atoms with Crippen LogP contribution in [0.5, 0.6) is 0 Å². The topological polar surface area (TPSA) is 69.7 Å². The molecule has 0 saturated carbocycles. The lowest BCUT2D eigenvalue weighted by molar-refractivity contribution is 0.940. The molecule has 0 bridgehead atoms. The van der Waals surface area contributed by atoms with Crippen LogP contribution in [0.1, 0.15) is 6.92 Å². The van der Waals surface area contributed by atoms with E-state index in [9.17, 15) is 0 Å². The Hall–Kier alpha value is -1.85. The summed E-state index contributed by atoms with van der Waals surface area (Å²) < 4.78 is 0. The first kappa shape index (κ1) is 9.70. The molecule has 0 aliphatic heterocycles. The SMILES string of the molecule is CCN(C)c1nc(NC)nc2[nH]ncc12. The lowest BCUT2D eigenvalue weighted by Crippen LogP contribution is -2.18. The Labute approximate surface area is 87.7 Å². The number of rotatable bonds is 3. The molecule has 6 heteroatoms. The van der Waals surface area contributed by atoms with Crippen molar-refractivity contribution in [2.45, 2.75) is 6.92 Å². The molecule has 2 N–H and O–H groups in total. The van der Waals surface area contributed by atoms with Gasteiger partial charge in [0.1, 0.15) is 5.82 Å². The lowest BCUT2D eigenvalue weighted by atomic mass is 10.3. The number of hydrogen-bond acceptors (Lipinski definition) is 5. The molecule has 0 saturated heterocycles. The van der Waals surface area contributed by atoms with E-state index in [4.69, 9.17) is 0 Å². The van der Waals surface area contributed by atoms with Crippen molar-refractivity contribution in [1.29, 1.82) is 0 Å². The van der Waals surface area contributed by atoms with Gasteiger partial charge < -0.3 is 10.2 Å². The van der Waals surface area contributed by atoms with Gasteiger partial charge in [0, 0.05) is 20.6 Å². The van der Waals surface area contributed by atoms with Crippen LogP contribution in [0.4, 0.5) is 11.8 Å². The third kappa shape index (κ3) is 1.58. The minimum Gasteiger partial charge on any atom is -0.359 e. The van der Waals surface area contributed by atoms with Gasteiger partial charge >= 0.3 is 0 Å². The summed E-state index contributed by atoms with van der Waals surface area (Å²) in [5.74, 6) is 1.49. The van der Waals surface area contributed by atoms with E-state index >= 15 is 0 Å². The molecule has 2 heterocycles. The molecule has 0 aliphatic rings. The van der Waals surface area contributed by atoms with E-state index < -0.39 is 0 Å². The molecule has 0 amide bonds. The number of aromatic nitrogens is 4. The fraction of sp³-hybridized carbons (Fsp3) is 0.444. The minimum absolute atomic E-state index is 0.599. The van der Waals surface area contributed by atoms with Crippen molar-refractivity contribution in [1.82, 2.24) is 20.2 Å². The fourth-order valence-electron chi connectivity index (χ4n) is 1.37. The normalized spacial score (nSPS) is 10.6. The highest BCUT2D eigenvalue weighted by atomic mass is 15.2. The summed E-state index contributed by atoms with van der Waals surface area (Å²) in [6.07, 6.45) is 1.75. The van der Waals surface area contributed by atoms with E-state index in [0.29, 0.717) is 5.95 Å². The Bertz CT molecular complexity index is 463. The fourth-order valence-corrected chi connectivity index (χ4v) is 1.37. The van der Waals surface area contributed by atoms with Crippen LogP contribution < -0.4 is 10.2 Å². The van der Waals surface area contributed by atoms with Crippen LogP contribution in [0.2, 0.25) is 0 Å². The molecular formula is C9H14N6. The quantitative estimate of drug-likeness (QED) is 0.779. The number of nitrogens with zero attached hydrogens (tertiary/aromatic N) is 4. The molecule has 15 heavy (non-hydrogen) atoms. The largest absolute Gasteiger partial charge is 0.359 e. The van der Waals surface area contributed by atoms with Gasteiger partial charge in [-0.05, 0) is 6.92 Å². The molecule has 2 rings (SSSR count). The second-order valence-corrected chi connectivity index (χ2v) is 3.27. The molecule has 0 aromatic carbocycles. The molecule has 0 fully saturated rings. The van der Waals surface area contributed by atoms with E-state index in [2.05, 4.69) is 37.3 Å². The van der Waals surface area contributed by atoms with Crippen LogP contribution in [-0.2, 0) is 0 Å². The molecule has 0 unspecified atom stereocenters. The highest BCUT2D eigenvalue weighted by molar-refractivity contribution is 5.87. The second kappa shape index (κ2) is 3.72. The Morgan fingerprint density at radius 1 is 1.47 bits per heavy atom. The highest BCUT2D eigenvalue weighted by Crippen LogP contribution is 2.22. The van der Waals surface area contributed by atoms with Gasteiger partial charge in [0.25, 0.3) is 0 Å². The Morgan fingerprint density at radius 2 is 2.27 bits per heavy atom. The molecule has 80 valence electrons. The van der Waals surface area contributed by atoms with E-state index in [1.54, 1.807) is 13.2 Å². The molecular weight excluding hydrogens is 192 g/mol. The van der Waals surface area contributed by atoms with Crippen LogP contribution in [0.15, 0.2) is 6.20 Å². The van der Waals surface area contributed by atoms with E-state index in [1.807, 2.05) is 7.05 Å². The summed E-state index contributed by atoms with van der Waals surface area (Å²) in [6.45, 7) is 2.97. The number of H-pyrrole nitrogens is 1. The van der Waals surface area contributed by atoms with Gasteiger partial charge in [0.2, 0.25) is 5.95 Å². The molecule has 0 aliphatic carbocycles. The van der Waals surface area contributed by atoms with Crippen LogP contribution >= 0.6 is 0 Å². The summed E-state index contributed by atoms with van der Waals surface area (Å²) in [5.41, 5.74) is 0.754. The van der Waals surface area contributed by atoms with Crippen LogP contribution in [-0.4, -0.2) is 40.8 Å². The van der Waals surface area contributed by atoms with Gasteiger partial charge in [-0.25, -0.2) is 0 Å². The molecule has 2 aromatic rings. The first-order valence-corrected chi connectivity index (χ1v) is 4.86. The molecule has 0 radical (unpaired) electrons. The minimum atomic E-state index is 0.599. The number of fused-ring (bicyclic) bond motifs is 1. The number of nitrogens with one attached hydrogen (secondary N) is 2. The van der Waals surface area contributed by atoms with Crippen LogP contribution in [0.3, 0.4) is 0 Å². The van der Waals surface area contributed by atoms with E-state index in [-0.39, 0.29) is 0 Å². The highest BCUT2D eigenvalue weighted by Gasteiger charge is 2.11. The number of hydrogen-bond donors (Lipinski definition) is 2. The third-order valence-electron chi connectivity index (χ3n) is 2.35. The predicted octanol–water partition coefficient (Wildman–Crippen LogP) is 0.851. The first-order chi connectivity index (χ1) is 7.26. The van der Waals surface area contributed by atoms with Crippen LogP contribution in [0.25, 0.3) is 11.0 Å². The summed E-state index contributed by atoms with van der Waals surface area (Å²) in [4.78, 5) is 10.7. The number of aromatic amines is 1. The molecule has 2 aromatic heterocycles. The summed E-state index contributed by atoms with van der Waals surface area (Å²) >= 11 is 0. The average molecular weight is 206 g/mol. The Balaban J connectivity index is 2.63. The zero-order valence-electron chi connectivity index (χ0n) is 9.07. The standard InChI is InChI=1S/C9H14N6/c1-4-15(3)8-6-5-11-14-7(6)12-9(10-2)13-8/h5H,4H2,1-3H3,(H2,10,11,12,13,14). The van der Waals surface area contributed by atoms with E-state index in [0.717, 1.165) is 23.4 Å². The van der Waals surface area contributed by atoms with Gasteiger partial charge in [0.05, 0.1) is 11.6 Å². The van der Waals surface area contributed by atoms with Gasteiger partial charge in [-0.3, -0.25) is 5.10 Å². The summed E-state index contributed by atoms with van der Waals surface area (Å²) in [7, 11) is 3.79. The monoisotopic (exact) mass is 206 g/mol. The molecule has 0 spiro atoms. The van der Waals surface area contributed by atoms with Gasteiger partial charge in [0.15, 0.2) is 5.65 Å². The van der Waals surface area contributed by atoms with Crippen LogP contribution in [0, 0.1) is 0 Å². The van der Waals surface area contributed by atoms with E-state index in [1.165, 1.54) is 0 Å². The second-order valence-electron chi connectivity index (χ2n) is 3.27. The zero-order chi connectivity index (χ0) is 10.8. The Morgan fingerprint density at radius 3 is 2.93 bits per heavy atom. The van der Waals surface area contributed by atoms with Crippen molar-refractivity contribution < 1.29 is 0 Å². The maximum absolute atomic E-state index is 4.41. The maximum Gasteiger partial charge on any atom is 0.226 e. The summed E-state index contributed by atoms with van der Waals surface area (Å²) in [5, 5.41) is 10.7. The van der Waals surface area contributed by atoms with Crippen molar-refractivity contribution in [3.05, 3.63) is 6.20 Å². The van der Waals surface area contributed by atoms with Crippen molar-refractivity contribution >= 4 is 22.8 Å². The zero-order valence-corrected chi connectivity index (χ0v) is 9.07. The summed E-state index contributed by atoms with van der Waals surface area (Å²) in [6, 6.07) is 0. The molecule has 6 nitrogen and oxygen atoms in total. The Kier molecular flexibility index (Phi) is 2.40. The smallest absolute Gasteiger partial charge is 0.226 e. The van der Waals surface area contributed by atoms with Gasteiger partial charge in [-0.15, -0.1) is 0 Å².